The number of carbonyl (C=O) groups is 1. The first-order valence-electron chi connectivity index (χ1n) is 6.11. The number of carbonyl (C=O) groups excluding carboxylic acids is 1. The van der Waals surface area contributed by atoms with Gasteiger partial charge in [0.15, 0.2) is 0 Å². The van der Waals surface area contributed by atoms with E-state index >= 15 is 0 Å². The Labute approximate surface area is 118 Å². The third kappa shape index (κ3) is 4.49. The van der Waals surface area contributed by atoms with Crippen molar-refractivity contribution in [1.29, 1.82) is 0 Å². The van der Waals surface area contributed by atoms with Crippen LogP contribution in [0.3, 0.4) is 0 Å². The van der Waals surface area contributed by atoms with Gasteiger partial charge in [0.2, 0.25) is 0 Å². The summed E-state index contributed by atoms with van der Waals surface area (Å²) in [6.07, 6.45) is 3.04. The van der Waals surface area contributed by atoms with Crippen LogP contribution in [0.2, 0.25) is 0 Å². The van der Waals surface area contributed by atoms with E-state index in [4.69, 9.17) is 0 Å². The van der Waals surface area contributed by atoms with E-state index in [0.717, 1.165) is 4.31 Å². The van der Waals surface area contributed by atoms with Gasteiger partial charge in [0, 0.05) is 25.8 Å². The molecule has 114 valence electrons. The minimum Gasteiger partial charge on any atom is -0.469 e. The molecule has 1 aromatic heterocycles. The van der Waals surface area contributed by atoms with Crippen molar-refractivity contribution >= 4 is 21.9 Å². The second-order valence-electron chi connectivity index (χ2n) is 4.56. The Kier molecular flexibility index (Phi) is 5.52. The van der Waals surface area contributed by atoms with E-state index in [-0.39, 0.29) is 19.0 Å². The zero-order chi connectivity index (χ0) is 15.3. The van der Waals surface area contributed by atoms with Gasteiger partial charge in [-0.05, 0) is 13.8 Å². The van der Waals surface area contributed by atoms with E-state index < -0.39 is 16.2 Å². The number of ether oxygens (including phenoxy) is 1. The monoisotopic (exact) mass is 304 g/mol. The van der Waals surface area contributed by atoms with E-state index in [9.17, 15) is 13.2 Å². The lowest BCUT2D eigenvalue weighted by Crippen LogP contribution is -2.34. The van der Waals surface area contributed by atoms with E-state index in [1.807, 2.05) is 13.8 Å². The summed E-state index contributed by atoms with van der Waals surface area (Å²) < 4.78 is 33.6. The van der Waals surface area contributed by atoms with Gasteiger partial charge in [-0.15, -0.1) is 0 Å². The van der Waals surface area contributed by atoms with Crippen molar-refractivity contribution in [2.24, 2.45) is 0 Å². The molecule has 0 radical (unpaired) electrons. The molecule has 0 aliphatic heterocycles. The SMILES string of the molecule is COC(=O)CCN(C)S(=O)(=O)Nc1cnn(C(C)C)c1. The molecule has 8 nitrogen and oxygen atoms in total. The molecular weight excluding hydrogens is 284 g/mol. The van der Waals surface area contributed by atoms with Gasteiger partial charge in [-0.25, -0.2) is 0 Å². The van der Waals surface area contributed by atoms with Gasteiger partial charge in [0.25, 0.3) is 0 Å². The van der Waals surface area contributed by atoms with E-state index in [0.29, 0.717) is 5.69 Å². The van der Waals surface area contributed by atoms with Crippen LogP contribution >= 0.6 is 0 Å². The molecule has 0 spiro atoms. The number of aromatic nitrogens is 2. The Morgan fingerprint density at radius 1 is 1.55 bits per heavy atom. The molecule has 0 aliphatic rings. The maximum absolute atomic E-state index is 12.0. The van der Waals surface area contributed by atoms with Crippen LogP contribution in [0.5, 0.6) is 0 Å². The van der Waals surface area contributed by atoms with Gasteiger partial charge in [-0.1, -0.05) is 0 Å². The predicted molar refractivity (Wildman–Crippen MR) is 74.4 cm³/mol. The highest BCUT2D eigenvalue weighted by molar-refractivity contribution is 7.90. The maximum Gasteiger partial charge on any atom is 0.306 e. The van der Waals surface area contributed by atoms with Crippen molar-refractivity contribution in [3.63, 3.8) is 0 Å². The van der Waals surface area contributed by atoms with E-state index in [1.54, 1.807) is 10.9 Å². The lowest BCUT2D eigenvalue weighted by Gasteiger charge is -2.16. The summed E-state index contributed by atoms with van der Waals surface area (Å²) in [6.45, 7) is 3.92. The maximum atomic E-state index is 12.0. The predicted octanol–water partition coefficient (Wildman–Crippen LogP) is 0.616. The highest BCUT2D eigenvalue weighted by atomic mass is 32.2. The number of nitrogens with one attached hydrogen (secondary N) is 1. The lowest BCUT2D eigenvalue weighted by atomic mass is 10.4. The number of anilines is 1. The second-order valence-corrected chi connectivity index (χ2v) is 6.34. The zero-order valence-corrected chi connectivity index (χ0v) is 12.8. The third-order valence-electron chi connectivity index (χ3n) is 2.65. The first-order valence-corrected chi connectivity index (χ1v) is 7.55. The zero-order valence-electron chi connectivity index (χ0n) is 12.0. The van der Waals surface area contributed by atoms with Crippen molar-refractivity contribution in [3.8, 4) is 0 Å². The summed E-state index contributed by atoms with van der Waals surface area (Å²) in [5.41, 5.74) is 0.378. The average Bonchev–Trinajstić information content (AvgIpc) is 2.83. The third-order valence-corrected chi connectivity index (χ3v) is 4.14. The molecule has 0 aromatic carbocycles. The van der Waals surface area contributed by atoms with Crippen LogP contribution in [0.1, 0.15) is 26.3 Å². The van der Waals surface area contributed by atoms with Crippen LogP contribution in [0.4, 0.5) is 5.69 Å². The Bertz CT molecular complexity index is 553. The number of rotatable bonds is 7. The van der Waals surface area contributed by atoms with Crippen LogP contribution < -0.4 is 4.72 Å². The average molecular weight is 304 g/mol. The van der Waals surface area contributed by atoms with Crippen LogP contribution in [-0.4, -0.2) is 49.2 Å². The molecule has 0 bridgehead atoms. The highest BCUT2D eigenvalue weighted by Gasteiger charge is 2.19. The fourth-order valence-corrected chi connectivity index (χ4v) is 2.26. The molecule has 0 saturated heterocycles. The molecule has 20 heavy (non-hydrogen) atoms. The Morgan fingerprint density at radius 3 is 2.70 bits per heavy atom. The summed E-state index contributed by atoms with van der Waals surface area (Å²) in [7, 11) is -1.06. The standard InChI is InChI=1S/C11H20N4O4S/c1-9(2)15-8-10(7-12-15)13-20(17,18)14(3)6-5-11(16)19-4/h7-9,13H,5-6H2,1-4H3. The number of hydrogen-bond acceptors (Lipinski definition) is 5. The lowest BCUT2D eigenvalue weighted by molar-refractivity contribution is -0.140. The summed E-state index contributed by atoms with van der Waals surface area (Å²) in [5.74, 6) is -0.459. The molecule has 1 heterocycles. The Balaban J connectivity index is 2.65. The van der Waals surface area contributed by atoms with Crippen molar-refractivity contribution in [1.82, 2.24) is 14.1 Å². The van der Waals surface area contributed by atoms with Crippen molar-refractivity contribution in [2.75, 3.05) is 25.4 Å². The molecule has 9 heteroatoms. The fourth-order valence-electron chi connectivity index (χ4n) is 1.37. The van der Waals surface area contributed by atoms with Crippen molar-refractivity contribution in [2.45, 2.75) is 26.3 Å². The molecule has 0 saturated carbocycles. The van der Waals surface area contributed by atoms with Gasteiger partial charge in [-0.2, -0.15) is 17.8 Å². The molecule has 0 fully saturated rings. The first kappa shape index (κ1) is 16.4. The molecule has 0 unspecified atom stereocenters. The first-order chi connectivity index (χ1) is 9.26. The molecule has 1 rings (SSSR count). The molecule has 0 atom stereocenters. The van der Waals surface area contributed by atoms with Gasteiger partial charge in [-0.3, -0.25) is 14.2 Å². The largest absolute Gasteiger partial charge is 0.469 e. The number of nitrogens with zero attached hydrogens (tertiary/aromatic N) is 3. The highest BCUT2D eigenvalue weighted by Crippen LogP contribution is 2.13. The Morgan fingerprint density at radius 2 is 2.20 bits per heavy atom. The van der Waals surface area contributed by atoms with Gasteiger partial charge >= 0.3 is 16.2 Å². The minimum atomic E-state index is -3.71. The topological polar surface area (TPSA) is 93.5 Å². The fraction of sp³-hybridized carbons (Fsp3) is 0.636. The summed E-state index contributed by atoms with van der Waals surface area (Å²) in [5, 5.41) is 4.04. The molecule has 1 aromatic rings. The smallest absolute Gasteiger partial charge is 0.306 e. The summed E-state index contributed by atoms with van der Waals surface area (Å²) >= 11 is 0. The minimum absolute atomic E-state index is 0.000827. The molecule has 1 N–H and O–H groups in total. The number of hydrogen-bond donors (Lipinski definition) is 1. The number of methoxy groups -OCH3 is 1. The van der Waals surface area contributed by atoms with Gasteiger partial charge in [0.1, 0.15) is 0 Å². The van der Waals surface area contributed by atoms with Crippen molar-refractivity contribution < 1.29 is 17.9 Å². The van der Waals surface area contributed by atoms with Crippen LogP contribution in [0.15, 0.2) is 12.4 Å². The Hall–Kier alpha value is -1.61. The van der Waals surface area contributed by atoms with Crippen molar-refractivity contribution in [3.05, 3.63) is 12.4 Å². The normalized spacial score (nSPS) is 11.9. The molecular formula is C11H20N4O4S. The van der Waals surface area contributed by atoms with E-state index in [2.05, 4.69) is 14.6 Å². The summed E-state index contributed by atoms with van der Waals surface area (Å²) in [4.78, 5) is 11.0. The number of esters is 1. The quantitative estimate of drug-likeness (QED) is 0.745. The van der Waals surface area contributed by atoms with Gasteiger partial charge < -0.3 is 4.74 Å². The van der Waals surface area contributed by atoms with Crippen LogP contribution in [0.25, 0.3) is 0 Å². The summed E-state index contributed by atoms with van der Waals surface area (Å²) in [6, 6.07) is 0.144. The van der Waals surface area contributed by atoms with Gasteiger partial charge in [0.05, 0.1) is 25.4 Å². The van der Waals surface area contributed by atoms with E-state index in [1.165, 1.54) is 20.4 Å². The molecule has 0 aliphatic carbocycles. The molecule has 0 amide bonds. The second kappa shape index (κ2) is 6.71. The van der Waals surface area contributed by atoms with Crippen LogP contribution in [-0.2, 0) is 19.7 Å². The van der Waals surface area contributed by atoms with Crippen LogP contribution in [0, 0.1) is 0 Å².